The number of carbonyl (C=O) groups is 2. The molecule has 0 saturated carbocycles. The summed E-state index contributed by atoms with van der Waals surface area (Å²) in [5.74, 6) is -1.77. The predicted octanol–water partition coefficient (Wildman–Crippen LogP) is -1.41. The standard InChI is InChI=1S/C3NO3Se/c5-1-2(6)7-3(8)4-1. The van der Waals surface area contributed by atoms with Gasteiger partial charge in [0.25, 0.3) is 0 Å². The van der Waals surface area contributed by atoms with E-state index >= 15 is 0 Å². The molecule has 1 amide bonds. The number of carbonyl (C=O) groups excluding carboxylic acids is 2. The second kappa shape index (κ2) is 1.68. The van der Waals surface area contributed by atoms with Crippen LogP contribution in [0, 0.1) is 0 Å². The fourth-order valence-electron chi connectivity index (χ4n) is 0.274. The molecule has 0 aromatic rings. The molecule has 0 aromatic carbocycles. The van der Waals surface area contributed by atoms with Gasteiger partial charge in [0.15, 0.2) is 0 Å². The van der Waals surface area contributed by atoms with Crippen LogP contribution in [0.4, 0.5) is 0 Å². The van der Waals surface area contributed by atoms with Gasteiger partial charge < -0.3 is 0 Å². The SMILES string of the molecule is O=C1N=C([Se])OC1=O. The predicted molar refractivity (Wildman–Crippen MR) is 24.3 cm³/mol. The zero-order valence-electron chi connectivity index (χ0n) is 3.58. The first kappa shape index (κ1) is 5.47. The number of ether oxygens (including phenoxy) is 1. The summed E-state index contributed by atoms with van der Waals surface area (Å²) < 4.78 is 4.18. The number of rotatable bonds is 0. The number of nitrogens with zero attached hydrogens (tertiary/aromatic N) is 1. The minimum atomic E-state index is -0.918. The zero-order chi connectivity index (χ0) is 6.15. The molecule has 0 fully saturated rings. The second-order valence-corrected chi connectivity index (χ2v) is 1.81. The third-order valence-corrected chi connectivity index (χ3v) is 0.914. The second-order valence-electron chi connectivity index (χ2n) is 1.07. The maximum atomic E-state index is 10.1. The Morgan fingerprint density at radius 2 is 2.12 bits per heavy atom. The summed E-state index contributed by atoms with van der Waals surface area (Å²) in [4.78, 5) is 23.3. The number of esters is 1. The summed E-state index contributed by atoms with van der Waals surface area (Å²) in [6.07, 6.45) is 0. The summed E-state index contributed by atoms with van der Waals surface area (Å²) in [6.45, 7) is 0. The molecular formula is C3NO3Se. The first-order valence-corrected chi connectivity index (χ1v) is 2.57. The Kier molecular flexibility index (Phi) is 1.15. The molecule has 0 aliphatic carbocycles. The van der Waals surface area contributed by atoms with E-state index < -0.39 is 11.9 Å². The molecule has 8 heavy (non-hydrogen) atoms. The quantitative estimate of drug-likeness (QED) is 0.259. The monoisotopic (exact) mass is 178 g/mol. The summed E-state index contributed by atoms with van der Waals surface area (Å²) in [7, 11) is 0. The molecule has 4 nitrogen and oxygen atoms in total. The van der Waals surface area contributed by atoms with Crippen LogP contribution in [0.3, 0.4) is 0 Å². The van der Waals surface area contributed by atoms with Crippen molar-refractivity contribution in [2.24, 2.45) is 4.99 Å². The molecule has 0 atom stereocenters. The van der Waals surface area contributed by atoms with Gasteiger partial charge in [0.1, 0.15) is 0 Å². The van der Waals surface area contributed by atoms with E-state index in [1.54, 1.807) is 0 Å². The van der Waals surface area contributed by atoms with Crippen LogP contribution in [0.1, 0.15) is 0 Å². The zero-order valence-corrected chi connectivity index (χ0v) is 5.29. The number of aliphatic imine (C=N–C) groups is 1. The van der Waals surface area contributed by atoms with Gasteiger partial charge in [0.2, 0.25) is 0 Å². The fourth-order valence-corrected chi connectivity index (χ4v) is 0.607. The summed E-state index contributed by atoms with van der Waals surface area (Å²) in [5.41, 5.74) is 0. The van der Waals surface area contributed by atoms with Crippen LogP contribution < -0.4 is 0 Å². The van der Waals surface area contributed by atoms with E-state index in [0.717, 1.165) is 0 Å². The number of hydrogen-bond donors (Lipinski definition) is 0. The van der Waals surface area contributed by atoms with Crippen LogP contribution in [0.5, 0.6) is 0 Å². The third-order valence-electron chi connectivity index (χ3n) is 0.547. The van der Waals surface area contributed by atoms with Gasteiger partial charge in [-0.25, -0.2) is 0 Å². The van der Waals surface area contributed by atoms with Gasteiger partial charge in [-0.05, 0) is 0 Å². The normalized spacial score (nSPS) is 18.2. The van der Waals surface area contributed by atoms with Crippen molar-refractivity contribution < 1.29 is 14.3 Å². The molecule has 0 unspecified atom stereocenters. The summed E-state index contributed by atoms with van der Waals surface area (Å²) in [6, 6.07) is 0. The average molecular weight is 177 g/mol. The number of cyclic esters (lactones) is 1. The molecule has 0 spiro atoms. The molecule has 1 aliphatic rings. The van der Waals surface area contributed by atoms with Crippen molar-refractivity contribution in [1.29, 1.82) is 0 Å². The fraction of sp³-hybridized carbons (Fsp3) is 0. The van der Waals surface area contributed by atoms with E-state index in [9.17, 15) is 9.59 Å². The van der Waals surface area contributed by atoms with Crippen molar-refractivity contribution in [3.63, 3.8) is 0 Å². The van der Waals surface area contributed by atoms with E-state index in [-0.39, 0.29) is 4.80 Å². The minimum absolute atomic E-state index is 0.000000000000000222. The Hall–Kier alpha value is -0.671. The van der Waals surface area contributed by atoms with Gasteiger partial charge >= 0.3 is 52.0 Å². The van der Waals surface area contributed by atoms with Crippen molar-refractivity contribution >= 4 is 32.7 Å². The van der Waals surface area contributed by atoms with Crippen molar-refractivity contribution in [2.75, 3.05) is 0 Å². The topological polar surface area (TPSA) is 55.7 Å². The number of hydrogen-bond acceptors (Lipinski definition) is 3. The Labute approximate surface area is 52.7 Å². The summed E-state index contributed by atoms with van der Waals surface area (Å²) in [5, 5.41) is 0. The number of amides is 1. The van der Waals surface area contributed by atoms with E-state index in [2.05, 4.69) is 25.7 Å². The molecule has 0 N–H and O–H groups in total. The Morgan fingerprint density at radius 3 is 2.25 bits per heavy atom. The van der Waals surface area contributed by atoms with Crippen LogP contribution in [0.15, 0.2) is 4.99 Å². The van der Waals surface area contributed by atoms with Gasteiger partial charge in [-0.1, -0.05) is 0 Å². The van der Waals surface area contributed by atoms with Crippen molar-refractivity contribution in [2.45, 2.75) is 0 Å². The Morgan fingerprint density at radius 1 is 1.50 bits per heavy atom. The Balaban J connectivity index is 2.85. The van der Waals surface area contributed by atoms with Crippen LogP contribution in [0.2, 0.25) is 0 Å². The van der Waals surface area contributed by atoms with Crippen molar-refractivity contribution in [3.05, 3.63) is 0 Å². The molecular weight excluding hydrogens is 177 g/mol. The van der Waals surface area contributed by atoms with Gasteiger partial charge in [-0.3, -0.25) is 0 Å². The molecule has 0 saturated heterocycles. The molecule has 1 aliphatic heterocycles. The molecule has 0 bridgehead atoms. The van der Waals surface area contributed by atoms with Crippen LogP contribution in [-0.4, -0.2) is 32.7 Å². The molecule has 5 heteroatoms. The maximum absolute atomic E-state index is 10.1. The van der Waals surface area contributed by atoms with E-state index in [4.69, 9.17) is 0 Å². The summed E-state index contributed by atoms with van der Waals surface area (Å²) >= 11 is 2.29. The molecule has 41 valence electrons. The van der Waals surface area contributed by atoms with E-state index in [1.165, 1.54) is 0 Å². The first-order chi connectivity index (χ1) is 3.70. The third kappa shape index (κ3) is 0.778. The first-order valence-electron chi connectivity index (χ1n) is 1.72. The molecule has 1 rings (SSSR count). The van der Waals surface area contributed by atoms with Crippen molar-refractivity contribution in [3.8, 4) is 0 Å². The molecule has 1 radical (unpaired) electrons. The van der Waals surface area contributed by atoms with Crippen molar-refractivity contribution in [1.82, 2.24) is 0 Å². The van der Waals surface area contributed by atoms with Gasteiger partial charge in [-0.2, -0.15) is 0 Å². The molecule has 0 aromatic heterocycles. The van der Waals surface area contributed by atoms with E-state index in [1.807, 2.05) is 0 Å². The average Bonchev–Trinajstić information content (AvgIpc) is 1.85. The van der Waals surface area contributed by atoms with E-state index in [0.29, 0.717) is 0 Å². The van der Waals surface area contributed by atoms with Gasteiger partial charge in [0.05, 0.1) is 0 Å². The molecule has 1 heterocycles. The van der Waals surface area contributed by atoms with Crippen LogP contribution >= 0.6 is 0 Å². The van der Waals surface area contributed by atoms with Crippen LogP contribution in [0.25, 0.3) is 0 Å². The van der Waals surface area contributed by atoms with Crippen LogP contribution in [-0.2, 0) is 14.3 Å². The Bertz CT molecular complexity index is 185. The van der Waals surface area contributed by atoms with Gasteiger partial charge in [0, 0.05) is 0 Å². The van der Waals surface area contributed by atoms with Gasteiger partial charge in [-0.15, -0.1) is 0 Å².